The zero-order chi connectivity index (χ0) is 9.56. The average Bonchev–Trinajstić information content (AvgIpc) is 2.02. The summed E-state index contributed by atoms with van der Waals surface area (Å²) in [7, 11) is 0. The summed E-state index contributed by atoms with van der Waals surface area (Å²) in [5.41, 5.74) is 5.79. The summed E-state index contributed by atoms with van der Waals surface area (Å²) in [5, 5.41) is 1.45. The van der Waals surface area contributed by atoms with Crippen LogP contribution in [0.1, 0.15) is 12.5 Å². The predicted octanol–water partition coefficient (Wildman–Crippen LogP) is 3.27. The molecule has 0 aromatic heterocycles. The molecule has 12 heavy (non-hydrogen) atoms. The number of benzene rings is 1. The number of hydrogen-bond donors (Lipinski definition) is 1. The molecule has 3 heteroatoms. The van der Waals surface area contributed by atoms with Gasteiger partial charge in [-0.25, -0.2) is 0 Å². The van der Waals surface area contributed by atoms with Gasteiger partial charge in [-0.15, -0.1) is 0 Å². The van der Waals surface area contributed by atoms with Crippen LogP contribution in [0.3, 0.4) is 0 Å². The summed E-state index contributed by atoms with van der Waals surface area (Å²) >= 11 is 11.5. The van der Waals surface area contributed by atoms with Crippen molar-refractivity contribution < 1.29 is 0 Å². The molecule has 68 valence electrons. The highest BCUT2D eigenvalue weighted by Gasteiger charge is 1.96. The van der Waals surface area contributed by atoms with Crippen molar-refractivity contribution in [1.82, 2.24) is 0 Å². The molecule has 1 aromatic rings. The zero-order valence-electron chi connectivity index (χ0n) is 7.27. The molecule has 0 amide bonds. The maximum atomic E-state index is 5.73. The zero-order valence-corrected chi connectivity index (χ0v) is 8.78. The fourth-order valence-corrected chi connectivity index (χ4v) is 0.979. The SMILES string of the molecule is CCN.Cc1c(Cl)cccc1Cl. The van der Waals surface area contributed by atoms with Crippen LogP contribution in [-0.4, -0.2) is 6.54 Å². The Balaban J connectivity index is 0.000000354. The van der Waals surface area contributed by atoms with Crippen LogP contribution in [0.5, 0.6) is 0 Å². The molecule has 0 spiro atoms. The Morgan fingerprint density at radius 3 is 1.83 bits per heavy atom. The van der Waals surface area contributed by atoms with E-state index in [-0.39, 0.29) is 0 Å². The van der Waals surface area contributed by atoms with Crippen molar-refractivity contribution in [2.75, 3.05) is 6.54 Å². The van der Waals surface area contributed by atoms with Gasteiger partial charge in [-0.2, -0.15) is 0 Å². The average molecular weight is 206 g/mol. The van der Waals surface area contributed by atoms with Crippen LogP contribution in [0.15, 0.2) is 18.2 Å². The van der Waals surface area contributed by atoms with Crippen LogP contribution in [0.25, 0.3) is 0 Å². The number of hydrogen-bond acceptors (Lipinski definition) is 1. The summed E-state index contributed by atoms with van der Waals surface area (Å²) in [5.74, 6) is 0. The van der Waals surface area contributed by atoms with Gasteiger partial charge >= 0.3 is 0 Å². The third-order valence-corrected chi connectivity index (χ3v) is 2.02. The molecule has 1 rings (SSSR count). The van der Waals surface area contributed by atoms with Crippen LogP contribution in [-0.2, 0) is 0 Å². The Morgan fingerprint density at radius 1 is 1.25 bits per heavy atom. The van der Waals surface area contributed by atoms with Gasteiger partial charge in [-0.3, -0.25) is 0 Å². The lowest BCUT2D eigenvalue weighted by Gasteiger charge is -1.96. The van der Waals surface area contributed by atoms with Crippen molar-refractivity contribution in [3.63, 3.8) is 0 Å². The smallest absolute Gasteiger partial charge is 0.0450 e. The maximum absolute atomic E-state index is 5.73. The van der Waals surface area contributed by atoms with E-state index >= 15 is 0 Å². The topological polar surface area (TPSA) is 26.0 Å². The van der Waals surface area contributed by atoms with E-state index in [0.717, 1.165) is 22.2 Å². The second-order valence-corrected chi connectivity index (χ2v) is 3.07. The molecule has 0 radical (unpaired) electrons. The van der Waals surface area contributed by atoms with Gasteiger partial charge in [-0.05, 0) is 31.2 Å². The Labute approximate surface area is 83.5 Å². The van der Waals surface area contributed by atoms with E-state index in [1.54, 1.807) is 0 Å². The molecule has 2 N–H and O–H groups in total. The third kappa shape index (κ3) is 3.96. The molecule has 0 atom stereocenters. The molecule has 0 aliphatic heterocycles. The van der Waals surface area contributed by atoms with Gasteiger partial charge in [-0.1, -0.05) is 36.2 Å². The Bertz CT molecular complexity index is 216. The van der Waals surface area contributed by atoms with Gasteiger partial charge in [0.15, 0.2) is 0 Å². The second kappa shape index (κ2) is 6.30. The van der Waals surface area contributed by atoms with Crippen LogP contribution < -0.4 is 5.73 Å². The number of nitrogens with two attached hydrogens (primary N) is 1. The first-order valence-electron chi connectivity index (χ1n) is 3.74. The Hall–Kier alpha value is -0.240. The molecular weight excluding hydrogens is 193 g/mol. The number of halogens is 2. The van der Waals surface area contributed by atoms with Gasteiger partial charge in [0.25, 0.3) is 0 Å². The largest absolute Gasteiger partial charge is 0.331 e. The summed E-state index contributed by atoms with van der Waals surface area (Å²) in [6.45, 7) is 4.55. The molecule has 0 heterocycles. The highest BCUT2D eigenvalue weighted by molar-refractivity contribution is 6.35. The lowest BCUT2D eigenvalue weighted by atomic mass is 10.2. The highest BCUT2D eigenvalue weighted by Crippen LogP contribution is 2.21. The van der Waals surface area contributed by atoms with Crippen molar-refractivity contribution in [3.05, 3.63) is 33.8 Å². The molecule has 0 unspecified atom stereocenters. The molecule has 0 saturated heterocycles. The molecule has 1 nitrogen and oxygen atoms in total. The molecule has 1 aromatic carbocycles. The lowest BCUT2D eigenvalue weighted by Crippen LogP contribution is -1.87. The first kappa shape index (κ1) is 11.8. The van der Waals surface area contributed by atoms with Gasteiger partial charge in [0.1, 0.15) is 0 Å². The minimum absolute atomic E-state index is 0.725. The Kier molecular flexibility index (Phi) is 6.17. The molecule has 0 aliphatic carbocycles. The molecule has 0 saturated carbocycles. The molecular formula is C9H13Cl2N. The van der Waals surface area contributed by atoms with Gasteiger partial charge in [0, 0.05) is 10.0 Å². The monoisotopic (exact) mass is 205 g/mol. The first-order valence-corrected chi connectivity index (χ1v) is 4.49. The molecule has 0 aliphatic rings. The highest BCUT2D eigenvalue weighted by atomic mass is 35.5. The second-order valence-electron chi connectivity index (χ2n) is 2.25. The van der Waals surface area contributed by atoms with Crippen molar-refractivity contribution in [2.24, 2.45) is 5.73 Å². The van der Waals surface area contributed by atoms with Crippen LogP contribution in [0, 0.1) is 6.92 Å². The Morgan fingerprint density at radius 2 is 1.58 bits per heavy atom. The minimum Gasteiger partial charge on any atom is -0.331 e. The first-order chi connectivity index (χ1) is 5.63. The molecule has 0 bridgehead atoms. The minimum atomic E-state index is 0.725. The summed E-state index contributed by atoms with van der Waals surface area (Å²) < 4.78 is 0. The van der Waals surface area contributed by atoms with Crippen LogP contribution in [0.2, 0.25) is 10.0 Å². The van der Waals surface area contributed by atoms with Gasteiger partial charge in [0.2, 0.25) is 0 Å². The van der Waals surface area contributed by atoms with Gasteiger partial charge in [0.05, 0.1) is 0 Å². The van der Waals surface area contributed by atoms with E-state index in [4.69, 9.17) is 28.9 Å². The predicted molar refractivity (Wildman–Crippen MR) is 55.9 cm³/mol. The van der Waals surface area contributed by atoms with E-state index < -0.39 is 0 Å². The standard InChI is InChI=1S/C7H6Cl2.C2H7N/c1-5-6(8)3-2-4-7(5)9;1-2-3/h2-4H,1H3;2-3H2,1H3. The summed E-state index contributed by atoms with van der Waals surface area (Å²) in [4.78, 5) is 0. The normalized spacial score (nSPS) is 8.75. The van der Waals surface area contributed by atoms with Crippen molar-refractivity contribution >= 4 is 23.2 Å². The molecule has 0 fully saturated rings. The van der Waals surface area contributed by atoms with Crippen molar-refractivity contribution in [3.8, 4) is 0 Å². The van der Waals surface area contributed by atoms with Crippen LogP contribution >= 0.6 is 23.2 Å². The third-order valence-electron chi connectivity index (χ3n) is 1.20. The fraction of sp³-hybridized carbons (Fsp3) is 0.333. The number of rotatable bonds is 0. The van der Waals surface area contributed by atoms with Gasteiger partial charge < -0.3 is 5.73 Å². The van der Waals surface area contributed by atoms with E-state index in [1.165, 1.54) is 0 Å². The van der Waals surface area contributed by atoms with Crippen molar-refractivity contribution in [1.29, 1.82) is 0 Å². The van der Waals surface area contributed by atoms with E-state index in [9.17, 15) is 0 Å². The van der Waals surface area contributed by atoms with Crippen LogP contribution in [0.4, 0.5) is 0 Å². The van der Waals surface area contributed by atoms with Crippen molar-refractivity contribution in [2.45, 2.75) is 13.8 Å². The quantitative estimate of drug-likeness (QED) is 0.692. The maximum Gasteiger partial charge on any atom is 0.0450 e. The van der Waals surface area contributed by atoms with E-state index in [0.29, 0.717) is 0 Å². The van der Waals surface area contributed by atoms with E-state index in [1.807, 2.05) is 32.0 Å². The lowest BCUT2D eigenvalue weighted by molar-refractivity contribution is 1.14. The fourth-order valence-electron chi connectivity index (χ4n) is 0.581. The van der Waals surface area contributed by atoms with E-state index in [2.05, 4.69) is 0 Å². The summed E-state index contributed by atoms with van der Waals surface area (Å²) in [6.07, 6.45) is 0. The summed E-state index contributed by atoms with van der Waals surface area (Å²) in [6, 6.07) is 5.48.